The molecule has 0 atom stereocenters. The van der Waals surface area contributed by atoms with E-state index in [-0.39, 0.29) is 19.0 Å². The predicted molar refractivity (Wildman–Crippen MR) is 67.8 cm³/mol. The Hall–Kier alpha value is -2.17. The lowest BCUT2D eigenvalue weighted by molar-refractivity contribution is -0.139. The van der Waals surface area contributed by atoms with E-state index >= 15 is 0 Å². The molecule has 5 nitrogen and oxygen atoms in total. The molecule has 100 valence electrons. The lowest BCUT2D eigenvalue weighted by Crippen LogP contribution is -2.04. The third kappa shape index (κ3) is 19.4. The maximum absolute atomic E-state index is 10.8. The average Bonchev–Trinajstić information content (AvgIpc) is 2.30. The zero-order valence-electron chi connectivity index (χ0n) is 10.7. The van der Waals surface area contributed by atoms with E-state index in [1.807, 2.05) is 0 Å². The van der Waals surface area contributed by atoms with Gasteiger partial charge < -0.3 is 14.3 Å². The minimum atomic E-state index is -0.611. The van der Waals surface area contributed by atoms with E-state index in [0.717, 1.165) is 12.2 Å². The molecule has 0 amide bonds. The molecule has 0 aromatic heterocycles. The number of carbonyl (C=O) groups is 3. The van der Waals surface area contributed by atoms with Crippen molar-refractivity contribution in [2.75, 3.05) is 13.2 Å². The highest BCUT2D eigenvalue weighted by Gasteiger charge is 1.98. The van der Waals surface area contributed by atoms with E-state index < -0.39 is 11.9 Å². The van der Waals surface area contributed by atoms with Gasteiger partial charge in [0.05, 0.1) is 0 Å². The van der Waals surface area contributed by atoms with Gasteiger partial charge in [-0.3, -0.25) is 0 Å². The van der Waals surface area contributed by atoms with Crippen LogP contribution < -0.4 is 0 Å². The number of carbonyl (C=O) groups excluding carboxylic acids is 3. The van der Waals surface area contributed by atoms with Crippen molar-refractivity contribution in [1.29, 1.82) is 0 Å². The Labute approximate surface area is 107 Å². The van der Waals surface area contributed by atoms with E-state index in [9.17, 15) is 14.4 Å². The topological polar surface area (TPSA) is 69.7 Å². The van der Waals surface area contributed by atoms with E-state index in [2.05, 4.69) is 22.6 Å². The molecule has 0 saturated carbocycles. The van der Waals surface area contributed by atoms with Crippen LogP contribution >= 0.6 is 0 Å². The first-order valence-electron chi connectivity index (χ1n) is 5.14. The van der Waals surface area contributed by atoms with Crippen LogP contribution in [0.4, 0.5) is 0 Å². The summed E-state index contributed by atoms with van der Waals surface area (Å²) in [5, 5.41) is 0. The van der Waals surface area contributed by atoms with E-state index in [0.29, 0.717) is 0 Å². The fraction of sp³-hybridized carbons (Fsp3) is 0.308. The van der Waals surface area contributed by atoms with Crippen LogP contribution in [0.15, 0.2) is 37.5 Å². The molecule has 0 spiro atoms. The lowest BCUT2D eigenvalue weighted by atomic mass is 10.5. The molecule has 0 bridgehead atoms. The molecule has 0 aliphatic heterocycles. The van der Waals surface area contributed by atoms with Crippen LogP contribution in [0, 0.1) is 0 Å². The maximum Gasteiger partial charge on any atom is 0.331 e. The maximum atomic E-state index is 10.8. The van der Waals surface area contributed by atoms with Gasteiger partial charge in [0.2, 0.25) is 0 Å². The molecule has 0 heterocycles. The Morgan fingerprint density at radius 2 is 1.17 bits per heavy atom. The standard InChI is InChI=1S/C10H12O4.C3H6O/c1-3-7-13-9(11)5-6-10(12)14-8-4-2;1-3(2)4/h3-6H,1-2,7-8H2;1-2H3. The molecule has 0 aliphatic carbocycles. The van der Waals surface area contributed by atoms with Crippen LogP contribution in [0.1, 0.15) is 13.8 Å². The first-order valence-corrected chi connectivity index (χ1v) is 5.14. The molecule has 0 fully saturated rings. The zero-order valence-corrected chi connectivity index (χ0v) is 10.7. The molecule has 18 heavy (non-hydrogen) atoms. The number of ketones is 1. The van der Waals surface area contributed by atoms with Crippen LogP contribution in [0.3, 0.4) is 0 Å². The first kappa shape index (κ1) is 18.2. The SMILES string of the molecule is C=CCOC(=O)C=CC(=O)OCC=C.CC(C)=O. The van der Waals surface area contributed by atoms with Gasteiger partial charge in [-0.05, 0) is 13.8 Å². The minimum absolute atomic E-state index is 0.116. The average molecular weight is 254 g/mol. The van der Waals surface area contributed by atoms with Gasteiger partial charge in [0.25, 0.3) is 0 Å². The van der Waals surface area contributed by atoms with Crippen LogP contribution in [-0.4, -0.2) is 30.9 Å². The van der Waals surface area contributed by atoms with Crippen molar-refractivity contribution in [2.45, 2.75) is 13.8 Å². The molecule has 0 aromatic rings. The summed E-state index contributed by atoms with van der Waals surface area (Å²) in [6.07, 6.45) is 4.85. The molecule has 5 heteroatoms. The Morgan fingerprint density at radius 1 is 0.889 bits per heavy atom. The number of Topliss-reactive ketones (excluding diaryl/α,β-unsaturated/α-hetero) is 1. The Bertz CT molecular complexity index is 298. The van der Waals surface area contributed by atoms with Gasteiger partial charge in [0.15, 0.2) is 0 Å². The molecule has 0 radical (unpaired) electrons. The number of hydrogen-bond donors (Lipinski definition) is 0. The summed E-state index contributed by atoms with van der Waals surface area (Å²) in [5.74, 6) is -1.05. The summed E-state index contributed by atoms with van der Waals surface area (Å²) in [6.45, 7) is 10.0. The van der Waals surface area contributed by atoms with Crippen molar-refractivity contribution in [1.82, 2.24) is 0 Å². The molecular formula is C13H18O5. The largest absolute Gasteiger partial charge is 0.458 e. The third-order valence-corrected chi connectivity index (χ3v) is 1.04. The number of rotatable bonds is 6. The summed E-state index contributed by atoms with van der Waals surface area (Å²) < 4.78 is 9.15. The summed E-state index contributed by atoms with van der Waals surface area (Å²) in [6, 6.07) is 0. The van der Waals surface area contributed by atoms with Gasteiger partial charge in [-0.15, -0.1) is 0 Å². The quantitative estimate of drug-likeness (QED) is 0.409. The molecule has 0 aliphatic rings. The smallest absolute Gasteiger partial charge is 0.331 e. The van der Waals surface area contributed by atoms with E-state index in [1.165, 1.54) is 26.0 Å². The molecule has 0 saturated heterocycles. The highest BCUT2D eigenvalue weighted by Crippen LogP contribution is 1.85. The zero-order chi connectivity index (χ0) is 14.4. The lowest BCUT2D eigenvalue weighted by Gasteiger charge is -1.96. The van der Waals surface area contributed by atoms with Crippen molar-refractivity contribution in [3.05, 3.63) is 37.5 Å². The Balaban J connectivity index is 0. The molecule has 0 rings (SSSR count). The van der Waals surface area contributed by atoms with Crippen molar-refractivity contribution >= 4 is 17.7 Å². The summed E-state index contributed by atoms with van der Waals surface area (Å²) in [7, 11) is 0. The molecule has 0 unspecified atom stereocenters. The predicted octanol–water partition coefficient (Wildman–Crippen LogP) is 1.60. The fourth-order valence-electron chi connectivity index (χ4n) is 0.514. The van der Waals surface area contributed by atoms with Crippen molar-refractivity contribution in [3.8, 4) is 0 Å². The second-order valence-corrected chi connectivity index (χ2v) is 3.08. The van der Waals surface area contributed by atoms with Crippen molar-refractivity contribution < 1.29 is 23.9 Å². The second kappa shape index (κ2) is 12.9. The highest BCUT2D eigenvalue weighted by atomic mass is 16.5. The van der Waals surface area contributed by atoms with Gasteiger partial charge in [0.1, 0.15) is 19.0 Å². The number of hydrogen-bond acceptors (Lipinski definition) is 5. The van der Waals surface area contributed by atoms with E-state index in [1.54, 1.807) is 0 Å². The fourth-order valence-corrected chi connectivity index (χ4v) is 0.514. The molecular weight excluding hydrogens is 236 g/mol. The van der Waals surface area contributed by atoms with Gasteiger partial charge in [-0.1, -0.05) is 25.3 Å². The van der Waals surface area contributed by atoms with Crippen LogP contribution in [-0.2, 0) is 23.9 Å². The minimum Gasteiger partial charge on any atom is -0.458 e. The number of ether oxygens (including phenoxy) is 2. The third-order valence-electron chi connectivity index (χ3n) is 1.04. The second-order valence-electron chi connectivity index (χ2n) is 3.08. The van der Waals surface area contributed by atoms with Crippen LogP contribution in [0.5, 0.6) is 0 Å². The highest BCUT2D eigenvalue weighted by molar-refractivity contribution is 5.91. The van der Waals surface area contributed by atoms with Crippen LogP contribution in [0.25, 0.3) is 0 Å². The molecule has 0 N–H and O–H groups in total. The van der Waals surface area contributed by atoms with Gasteiger partial charge in [-0.2, -0.15) is 0 Å². The first-order chi connectivity index (χ1) is 8.43. The summed E-state index contributed by atoms with van der Waals surface area (Å²) in [4.78, 5) is 31.0. The van der Waals surface area contributed by atoms with Gasteiger partial charge >= 0.3 is 11.9 Å². The molecule has 0 aromatic carbocycles. The van der Waals surface area contributed by atoms with Gasteiger partial charge in [-0.25, -0.2) is 9.59 Å². The normalized spacial score (nSPS) is 8.78. The van der Waals surface area contributed by atoms with Crippen molar-refractivity contribution in [3.63, 3.8) is 0 Å². The van der Waals surface area contributed by atoms with E-state index in [4.69, 9.17) is 0 Å². The number of esters is 2. The summed E-state index contributed by atoms with van der Waals surface area (Å²) in [5.41, 5.74) is 0. The Kier molecular flexibility index (Phi) is 13.0. The Morgan fingerprint density at radius 3 is 1.39 bits per heavy atom. The van der Waals surface area contributed by atoms with Crippen LogP contribution in [0.2, 0.25) is 0 Å². The monoisotopic (exact) mass is 254 g/mol. The summed E-state index contributed by atoms with van der Waals surface area (Å²) >= 11 is 0. The van der Waals surface area contributed by atoms with Crippen molar-refractivity contribution in [2.24, 2.45) is 0 Å². The van der Waals surface area contributed by atoms with Gasteiger partial charge in [0, 0.05) is 12.2 Å².